The van der Waals surface area contributed by atoms with Gasteiger partial charge in [0.05, 0.1) is 20.0 Å². The number of quaternary nitrogens is 1. The Morgan fingerprint density at radius 2 is 1.94 bits per heavy atom. The molecule has 0 fully saturated rings. The van der Waals surface area contributed by atoms with Crippen LogP contribution in [-0.2, 0) is 23.1 Å². The summed E-state index contributed by atoms with van der Waals surface area (Å²) in [6.45, 7) is 3.64. The van der Waals surface area contributed by atoms with E-state index in [9.17, 15) is 9.36 Å². The Kier molecular flexibility index (Phi) is 7.02. The number of carbonyl (C=O) groups is 1. The fourth-order valence-corrected chi connectivity index (χ4v) is 1.43. The van der Waals surface area contributed by atoms with Crippen molar-refractivity contribution in [2.75, 3.05) is 34.7 Å². The van der Waals surface area contributed by atoms with E-state index in [1.54, 1.807) is 21.0 Å². The van der Waals surface area contributed by atoms with Crippen LogP contribution in [-0.4, -0.2) is 50.0 Å². The number of esters is 1. The summed E-state index contributed by atoms with van der Waals surface area (Å²) in [6.07, 6.45) is 0.707. The van der Waals surface area contributed by atoms with E-state index >= 15 is 0 Å². The monoisotopic (exact) mass is 284 g/mol. The average Bonchev–Trinajstić information content (AvgIpc) is 2.33. The minimum absolute atomic E-state index is 0.0624. The van der Waals surface area contributed by atoms with Crippen molar-refractivity contribution in [2.24, 2.45) is 5.92 Å². The summed E-state index contributed by atoms with van der Waals surface area (Å²) in [5, 5.41) is 0. The molecule has 1 N–H and O–H groups in total. The van der Waals surface area contributed by atoms with Gasteiger partial charge in [-0.1, -0.05) is 13.8 Å². The van der Waals surface area contributed by atoms with Crippen LogP contribution in [0.3, 0.4) is 0 Å². The highest BCUT2D eigenvalue weighted by atomic mass is 31.2. The van der Waals surface area contributed by atoms with Crippen molar-refractivity contribution in [1.82, 2.24) is 0 Å². The maximum atomic E-state index is 11.5. The molecule has 2 atom stereocenters. The molecule has 0 aromatic heterocycles. The standard InChI is InChI=1S/C10H22NO6P/c1-6-9(2)10(12)16-7-11(3,4)8-17-18(13,14)15-5/h9H,6-8H2,1-5H3/p+1. The van der Waals surface area contributed by atoms with Gasteiger partial charge in [-0.15, -0.1) is 0 Å². The number of ether oxygens (including phenoxy) is 1. The Labute approximate surface area is 108 Å². The lowest BCUT2D eigenvalue weighted by molar-refractivity contribution is -0.922. The third kappa shape index (κ3) is 7.08. The van der Waals surface area contributed by atoms with Crippen LogP contribution >= 0.6 is 7.82 Å². The van der Waals surface area contributed by atoms with Gasteiger partial charge in [-0.05, 0) is 6.42 Å². The fraction of sp³-hybridized carbons (Fsp3) is 0.900. The van der Waals surface area contributed by atoms with E-state index in [2.05, 4.69) is 4.52 Å². The van der Waals surface area contributed by atoms with Gasteiger partial charge < -0.3 is 9.63 Å². The van der Waals surface area contributed by atoms with Crippen molar-refractivity contribution < 1.29 is 32.5 Å². The van der Waals surface area contributed by atoms with Crippen molar-refractivity contribution in [3.8, 4) is 0 Å². The third-order valence-electron chi connectivity index (χ3n) is 2.37. The molecule has 18 heavy (non-hydrogen) atoms. The molecule has 0 bridgehead atoms. The van der Waals surface area contributed by atoms with Crippen molar-refractivity contribution in [2.45, 2.75) is 20.3 Å². The van der Waals surface area contributed by atoms with Crippen LogP contribution in [0.1, 0.15) is 20.3 Å². The molecule has 0 aliphatic carbocycles. The Hall–Kier alpha value is -0.460. The van der Waals surface area contributed by atoms with E-state index in [0.29, 0.717) is 6.42 Å². The summed E-state index contributed by atoms with van der Waals surface area (Å²) in [7, 11) is 0.505. The van der Waals surface area contributed by atoms with Crippen molar-refractivity contribution in [1.29, 1.82) is 0 Å². The van der Waals surface area contributed by atoms with Gasteiger partial charge in [0.1, 0.15) is 0 Å². The molecule has 108 valence electrons. The van der Waals surface area contributed by atoms with Gasteiger partial charge in [0, 0.05) is 7.11 Å². The van der Waals surface area contributed by atoms with Crippen molar-refractivity contribution >= 4 is 13.8 Å². The predicted molar refractivity (Wildman–Crippen MR) is 65.3 cm³/mol. The number of carbonyl (C=O) groups excluding carboxylic acids is 1. The number of hydrogen-bond donors (Lipinski definition) is 1. The molecular weight excluding hydrogens is 261 g/mol. The molecule has 0 aromatic carbocycles. The smallest absolute Gasteiger partial charge is 0.415 e. The van der Waals surface area contributed by atoms with Gasteiger partial charge in [0.25, 0.3) is 0 Å². The molecule has 7 nitrogen and oxygen atoms in total. The maximum Gasteiger partial charge on any atom is 0.476 e. The van der Waals surface area contributed by atoms with Crippen molar-refractivity contribution in [3.05, 3.63) is 0 Å². The van der Waals surface area contributed by atoms with E-state index in [0.717, 1.165) is 7.11 Å². The first-order valence-electron chi connectivity index (χ1n) is 5.65. The second-order valence-electron chi connectivity index (χ2n) is 4.75. The molecule has 2 unspecified atom stereocenters. The van der Waals surface area contributed by atoms with Crippen LogP contribution in [0.15, 0.2) is 0 Å². The van der Waals surface area contributed by atoms with Crippen LogP contribution in [0.4, 0.5) is 0 Å². The molecule has 0 saturated carbocycles. The van der Waals surface area contributed by atoms with Crippen molar-refractivity contribution in [3.63, 3.8) is 0 Å². The van der Waals surface area contributed by atoms with E-state index in [4.69, 9.17) is 14.2 Å². The zero-order valence-electron chi connectivity index (χ0n) is 11.6. The van der Waals surface area contributed by atoms with Gasteiger partial charge in [-0.2, -0.15) is 0 Å². The van der Waals surface area contributed by atoms with E-state index in [1.165, 1.54) is 0 Å². The van der Waals surface area contributed by atoms with Crippen LogP contribution in [0.5, 0.6) is 0 Å². The number of nitrogens with zero attached hydrogens (tertiary/aromatic N) is 1. The topological polar surface area (TPSA) is 82.1 Å². The second kappa shape index (κ2) is 7.21. The van der Waals surface area contributed by atoms with E-state index in [1.807, 2.05) is 6.92 Å². The summed E-state index contributed by atoms with van der Waals surface area (Å²) >= 11 is 0. The van der Waals surface area contributed by atoms with Crippen LogP contribution < -0.4 is 0 Å². The van der Waals surface area contributed by atoms with Crippen LogP contribution in [0.2, 0.25) is 0 Å². The first-order chi connectivity index (χ1) is 8.13. The molecule has 0 heterocycles. The number of phosphoric ester groups is 1. The highest BCUT2D eigenvalue weighted by molar-refractivity contribution is 7.47. The summed E-state index contributed by atoms with van der Waals surface area (Å²) in [6, 6.07) is 0. The lowest BCUT2D eigenvalue weighted by Crippen LogP contribution is -2.44. The number of hydrogen-bond acceptors (Lipinski definition) is 5. The third-order valence-corrected chi connectivity index (χ3v) is 3.28. The highest BCUT2D eigenvalue weighted by Gasteiger charge is 2.26. The SMILES string of the molecule is CCC(C)C(=O)OC[N+](C)(C)COP(=O)(O)OC. The molecule has 0 spiro atoms. The fourth-order valence-electron chi connectivity index (χ4n) is 0.867. The maximum absolute atomic E-state index is 11.5. The molecule has 0 aliphatic heterocycles. The van der Waals surface area contributed by atoms with E-state index < -0.39 is 7.82 Å². The van der Waals surface area contributed by atoms with E-state index in [-0.39, 0.29) is 29.8 Å². The second-order valence-corrected chi connectivity index (χ2v) is 6.31. The normalized spacial score (nSPS) is 17.0. The van der Waals surface area contributed by atoms with Gasteiger partial charge >= 0.3 is 13.8 Å². The van der Waals surface area contributed by atoms with Gasteiger partial charge in [-0.25, -0.2) is 9.09 Å². The predicted octanol–water partition coefficient (Wildman–Crippen LogP) is 1.33. The molecular formula is C10H23NO6P+. The first-order valence-corrected chi connectivity index (χ1v) is 7.15. The quantitative estimate of drug-likeness (QED) is 0.313. The number of phosphoric acid groups is 1. The van der Waals surface area contributed by atoms with Gasteiger partial charge in [-0.3, -0.25) is 13.8 Å². The zero-order valence-corrected chi connectivity index (χ0v) is 12.5. The highest BCUT2D eigenvalue weighted by Crippen LogP contribution is 2.42. The summed E-state index contributed by atoms with van der Waals surface area (Å²) in [5.74, 6) is -0.448. The van der Waals surface area contributed by atoms with Crippen LogP contribution in [0, 0.1) is 5.92 Å². The first kappa shape index (κ1) is 17.5. The summed E-state index contributed by atoms with van der Waals surface area (Å²) in [5.41, 5.74) is 0. The average molecular weight is 284 g/mol. The Balaban J connectivity index is 4.16. The Morgan fingerprint density at radius 1 is 1.39 bits per heavy atom. The van der Waals surface area contributed by atoms with Crippen LogP contribution in [0.25, 0.3) is 0 Å². The Morgan fingerprint density at radius 3 is 2.39 bits per heavy atom. The zero-order chi connectivity index (χ0) is 14.4. The molecule has 0 aliphatic rings. The lowest BCUT2D eigenvalue weighted by atomic mass is 10.1. The van der Waals surface area contributed by atoms with Gasteiger partial charge in [0.15, 0.2) is 6.73 Å². The minimum Gasteiger partial charge on any atom is -0.415 e. The molecule has 0 amide bonds. The lowest BCUT2D eigenvalue weighted by Gasteiger charge is -2.28. The largest absolute Gasteiger partial charge is 0.476 e. The summed E-state index contributed by atoms with van der Waals surface area (Å²) < 4.78 is 25.3. The molecule has 0 radical (unpaired) electrons. The molecule has 8 heteroatoms. The Bertz CT molecular complexity index is 319. The number of rotatable bonds is 8. The summed E-state index contributed by atoms with van der Waals surface area (Å²) in [4.78, 5) is 20.6. The molecule has 0 aromatic rings. The van der Waals surface area contributed by atoms with Gasteiger partial charge in [0.2, 0.25) is 6.73 Å². The molecule has 0 rings (SSSR count). The minimum atomic E-state index is -4.00. The molecule has 0 saturated heterocycles.